The standard InChI is InChI=1S/C18H28N2O2/c1-3-18(4-2,13-19)17(21)20-14-8-7-11-16(12-14)22-15-9-5-6-10-15/h7-8,11-12,15H,3-6,9-10,13,19H2,1-2H3,(H,20,21). The second-order valence-electron chi connectivity index (χ2n) is 6.20. The number of benzene rings is 1. The van der Waals surface area contributed by atoms with Gasteiger partial charge in [-0.1, -0.05) is 19.9 Å². The molecule has 1 aliphatic carbocycles. The zero-order chi connectivity index (χ0) is 16.0. The first kappa shape index (κ1) is 16.8. The molecule has 0 spiro atoms. The third kappa shape index (κ3) is 3.80. The molecule has 1 saturated carbocycles. The van der Waals surface area contributed by atoms with Gasteiger partial charge in [0.05, 0.1) is 11.5 Å². The van der Waals surface area contributed by atoms with Crippen LogP contribution in [0.15, 0.2) is 24.3 Å². The Balaban J connectivity index is 2.04. The van der Waals surface area contributed by atoms with Crippen LogP contribution in [0.4, 0.5) is 5.69 Å². The van der Waals surface area contributed by atoms with Crippen molar-refractivity contribution in [2.45, 2.75) is 58.5 Å². The zero-order valence-electron chi connectivity index (χ0n) is 13.7. The van der Waals surface area contributed by atoms with E-state index in [9.17, 15) is 4.79 Å². The number of carbonyl (C=O) groups excluding carboxylic acids is 1. The number of carbonyl (C=O) groups is 1. The number of hydrogen-bond acceptors (Lipinski definition) is 3. The van der Waals surface area contributed by atoms with E-state index in [-0.39, 0.29) is 5.91 Å². The highest BCUT2D eigenvalue weighted by Crippen LogP contribution is 2.29. The summed E-state index contributed by atoms with van der Waals surface area (Å²) in [5.74, 6) is 0.828. The van der Waals surface area contributed by atoms with Crippen molar-refractivity contribution in [3.05, 3.63) is 24.3 Å². The van der Waals surface area contributed by atoms with Gasteiger partial charge in [-0.25, -0.2) is 0 Å². The predicted molar refractivity (Wildman–Crippen MR) is 90.0 cm³/mol. The van der Waals surface area contributed by atoms with E-state index in [1.807, 2.05) is 38.1 Å². The van der Waals surface area contributed by atoms with Gasteiger partial charge in [0.1, 0.15) is 5.75 Å². The molecule has 0 aromatic heterocycles. The first-order valence-corrected chi connectivity index (χ1v) is 8.41. The van der Waals surface area contributed by atoms with Crippen LogP contribution < -0.4 is 15.8 Å². The maximum atomic E-state index is 12.6. The van der Waals surface area contributed by atoms with E-state index < -0.39 is 5.41 Å². The fraction of sp³-hybridized carbons (Fsp3) is 0.611. The smallest absolute Gasteiger partial charge is 0.231 e. The number of rotatable bonds is 7. The summed E-state index contributed by atoms with van der Waals surface area (Å²) in [4.78, 5) is 12.6. The van der Waals surface area contributed by atoms with E-state index in [1.165, 1.54) is 12.8 Å². The van der Waals surface area contributed by atoms with E-state index in [2.05, 4.69) is 5.32 Å². The fourth-order valence-electron chi connectivity index (χ4n) is 3.06. The summed E-state index contributed by atoms with van der Waals surface area (Å²) in [6, 6.07) is 7.67. The molecule has 0 unspecified atom stereocenters. The molecule has 1 aromatic rings. The highest BCUT2D eigenvalue weighted by molar-refractivity contribution is 5.95. The van der Waals surface area contributed by atoms with E-state index in [1.54, 1.807) is 0 Å². The van der Waals surface area contributed by atoms with E-state index in [0.717, 1.165) is 37.1 Å². The molecule has 0 bridgehead atoms. The van der Waals surface area contributed by atoms with Crippen LogP contribution in [0.3, 0.4) is 0 Å². The normalized spacial score (nSPS) is 15.8. The first-order valence-electron chi connectivity index (χ1n) is 8.41. The van der Waals surface area contributed by atoms with Gasteiger partial charge in [0.2, 0.25) is 5.91 Å². The van der Waals surface area contributed by atoms with Crippen molar-refractivity contribution in [1.29, 1.82) is 0 Å². The Hall–Kier alpha value is -1.55. The van der Waals surface area contributed by atoms with Crippen LogP contribution in [0.1, 0.15) is 52.4 Å². The summed E-state index contributed by atoms with van der Waals surface area (Å²) >= 11 is 0. The Morgan fingerprint density at radius 3 is 2.59 bits per heavy atom. The van der Waals surface area contributed by atoms with E-state index >= 15 is 0 Å². The van der Waals surface area contributed by atoms with Gasteiger partial charge in [-0.05, 0) is 50.7 Å². The van der Waals surface area contributed by atoms with Crippen LogP contribution in [-0.2, 0) is 4.79 Å². The minimum absolute atomic E-state index is 0.00184. The number of nitrogens with one attached hydrogen (secondary N) is 1. The quantitative estimate of drug-likeness (QED) is 0.807. The molecule has 0 atom stereocenters. The lowest BCUT2D eigenvalue weighted by atomic mass is 9.81. The molecule has 0 heterocycles. The van der Waals surface area contributed by atoms with Gasteiger partial charge >= 0.3 is 0 Å². The summed E-state index contributed by atoms with van der Waals surface area (Å²) in [6.07, 6.45) is 6.53. The van der Waals surface area contributed by atoms with Gasteiger partial charge in [-0.2, -0.15) is 0 Å². The lowest BCUT2D eigenvalue weighted by Crippen LogP contribution is -2.41. The molecule has 0 radical (unpaired) electrons. The maximum absolute atomic E-state index is 12.6. The third-order valence-corrected chi connectivity index (χ3v) is 4.92. The topological polar surface area (TPSA) is 64.4 Å². The number of nitrogens with two attached hydrogens (primary N) is 1. The number of ether oxygens (including phenoxy) is 1. The molecule has 1 aliphatic rings. The second kappa shape index (κ2) is 7.63. The van der Waals surface area contributed by atoms with E-state index in [4.69, 9.17) is 10.5 Å². The minimum Gasteiger partial charge on any atom is -0.490 e. The fourth-order valence-corrected chi connectivity index (χ4v) is 3.06. The van der Waals surface area contributed by atoms with Crippen molar-refractivity contribution < 1.29 is 9.53 Å². The number of hydrogen-bond donors (Lipinski definition) is 2. The van der Waals surface area contributed by atoms with Crippen molar-refractivity contribution in [2.24, 2.45) is 11.1 Å². The molecule has 4 heteroatoms. The number of amides is 1. The average Bonchev–Trinajstić information content (AvgIpc) is 3.03. The number of anilines is 1. The molecule has 2 rings (SSSR count). The van der Waals surface area contributed by atoms with Crippen molar-refractivity contribution in [2.75, 3.05) is 11.9 Å². The molecule has 1 amide bonds. The molecule has 1 fully saturated rings. The lowest BCUT2D eigenvalue weighted by molar-refractivity contribution is -0.125. The van der Waals surface area contributed by atoms with Crippen molar-refractivity contribution in [1.82, 2.24) is 0 Å². The maximum Gasteiger partial charge on any atom is 0.231 e. The molecule has 22 heavy (non-hydrogen) atoms. The lowest BCUT2D eigenvalue weighted by Gasteiger charge is -2.28. The monoisotopic (exact) mass is 304 g/mol. The molecular formula is C18H28N2O2. The van der Waals surface area contributed by atoms with Crippen LogP contribution in [-0.4, -0.2) is 18.6 Å². The highest BCUT2D eigenvalue weighted by Gasteiger charge is 2.33. The van der Waals surface area contributed by atoms with Gasteiger partial charge in [0.15, 0.2) is 0 Å². The molecule has 0 saturated heterocycles. The van der Waals surface area contributed by atoms with Gasteiger partial charge < -0.3 is 15.8 Å². The van der Waals surface area contributed by atoms with Crippen LogP contribution in [0, 0.1) is 5.41 Å². The van der Waals surface area contributed by atoms with Crippen LogP contribution in [0.5, 0.6) is 5.75 Å². The van der Waals surface area contributed by atoms with Crippen LogP contribution in [0.2, 0.25) is 0 Å². The van der Waals surface area contributed by atoms with E-state index in [0.29, 0.717) is 12.6 Å². The average molecular weight is 304 g/mol. The zero-order valence-corrected chi connectivity index (χ0v) is 13.7. The third-order valence-electron chi connectivity index (χ3n) is 4.92. The van der Waals surface area contributed by atoms with Crippen LogP contribution in [0.25, 0.3) is 0 Å². The van der Waals surface area contributed by atoms with Crippen molar-refractivity contribution in [3.8, 4) is 5.75 Å². The molecule has 0 aliphatic heterocycles. The Morgan fingerprint density at radius 2 is 2.00 bits per heavy atom. The summed E-state index contributed by atoms with van der Waals surface area (Å²) in [5.41, 5.74) is 6.13. The van der Waals surface area contributed by atoms with Gasteiger partial charge in [0.25, 0.3) is 0 Å². The summed E-state index contributed by atoms with van der Waals surface area (Å²) in [7, 11) is 0. The molecule has 3 N–H and O–H groups in total. The van der Waals surface area contributed by atoms with Gasteiger partial charge in [-0.3, -0.25) is 4.79 Å². The summed E-state index contributed by atoms with van der Waals surface area (Å²) < 4.78 is 5.99. The molecule has 122 valence electrons. The summed E-state index contributed by atoms with van der Waals surface area (Å²) in [5, 5.41) is 3.00. The second-order valence-corrected chi connectivity index (χ2v) is 6.20. The minimum atomic E-state index is -0.484. The van der Waals surface area contributed by atoms with Gasteiger partial charge in [-0.15, -0.1) is 0 Å². The predicted octanol–water partition coefficient (Wildman–Crippen LogP) is 3.71. The van der Waals surface area contributed by atoms with Crippen molar-refractivity contribution >= 4 is 11.6 Å². The Morgan fingerprint density at radius 1 is 1.32 bits per heavy atom. The largest absolute Gasteiger partial charge is 0.490 e. The first-order chi connectivity index (χ1) is 10.6. The summed E-state index contributed by atoms with van der Waals surface area (Å²) in [6.45, 7) is 4.38. The Kier molecular flexibility index (Phi) is 5.83. The Labute approximate surface area is 133 Å². The van der Waals surface area contributed by atoms with Crippen LogP contribution >= 0.6 is 0 Å². The molecule has 1 aromatic carbocycles. The Bertz CT molecular complexity index is 483. The molecular weight excluding hydrogens is 276 g/mol. The van der Waals surface area contributed by atoms with Crippen molar-refractivity contribution in [3.63, 3.8) is 0 Å². The molecule has 4 nitrogen and oxygen atoms in total. The highest BCUT2D eigenvalue weighted by atomic mass is 16.5. The SMILES string of the molecule is CCC(CC)(CN)C(=O)Nc1cccc(OC2CCCC2)c1. The van der Waals surface area contributed by atoms with Gasteiger partial charge in [0, 0.05) is 18.3 Å².